The number of rotatable bonds is 1. The summed E-state index contributed by atoms with van der Waals surface area (Å²) >= 11 is 3.35. The van der Waals surface area contributed by atoms with E-state index in [-0.39, 0.29) is 37.7 Å². The predicted octanol–water partition coefficient (Wildman–Crippen LogP) is 2.67. The zero-order chi connectivity index (χ0) is 9.30. The molecule has 0 amide bonds. The van der Waals surface area contributed by atoms with Crippen LogP contribution in [0.25, 0.3) is 0 Å². The van der Waals surface area contributed by atoms with Crippen molar-refractivity contribution >= 4 is 53.7 Å². The van der Waals surface area contributed by atoms with Crippen LogP contribution in [0.1, 0.15) is 30.9 Å². The first-order valence-corrected chi connectivity index (χ1v) is 4.81. The van der Waals surface area contributed by atoms with Crippen molar-refractivity contribution in [2.75, 3.05) is 0 Å². The summed E-state index contributed by atoms with van der Waals surface area (Å²) in [5.74, 6) is 0.742. The number of hydrogen-bond acceptors (Lipinski definition) is 1. The molecule has 0 aliphatic carbocycles. The van der Waals surface area contributed by atoms with Gasteiger partial charge >= 0.3 is 37.7 Å². The number of phenolic OH excluding ortho intramolecular Hbond substituents is 1. The first-order chi connectivity index (χ1) is 5.54. The van der Waals surface area contributed by atoms with Crippen LogP contribution in [0.5, 0.6) is 5.75 Å². The third kappa shape index (κ3) is 3.12. The van der Waals surface area contributed by atoms with Crippen LogP contribution in [0, 0.1) is 6.92 Å². The van der Waals surface area contributed by atoms with Crippen molar-refractivity contribution in [2.24, 2.45) is 0 Å². The molecule has 0 bridgehead atoms. The Morgan fingerprint density at radius 3 is 2.31 bits per heavy atom. The van der Waals surface area contributed by atoms with Crippen molar-refractivity contribution in [2.45, 2.75) is 26.7 Å². The summed E-state index contributed by atoms with van der Waals surface area (Å²) in [4.78, 5) is 0. The van der Waals surface area contributed by atoms with Gasteiger partial charge in [0.2, 0.25) is 0 Å². The van der Waals surface area contributed by atoms with E-state index in [1.54, 1.807) is 0 Å². The van der Waals surface area contributed by atoms with Gasteiger partial charge in [0.1, 0.15) is 5.75 Å². The molecule has 0 aliphatic heterocycles. The van der Waals surface area contributed by atoms with E-state index in [1.807, 2.05) is 19.1 Å². The molecule has 1 aromatic rings. The van der Waals surface area contributed by atoms with E-state index in [2.05, 4.69) is 29.8 Å². The Balaban J connectivity index is 0.00000144. The molecule has 0 spiro atoms. The number of aryl methyl sites for hydroxylation is 1. The Labute approximate surface area is 118 Å². The molecule has 0 aliphatic rings. The van der Waals surface area contributed by atoms with Gasteiger partial charge < -0.3 is 5.11 Å². The predicted molar refractivity (Wildman–Crippen MR) is 63.2 cm³/mol. The van der Waals surface area contributed by atoms with Crippen LogP contribution in [0.3, 0.4) is 0 Å². The zero-order valence-corrected chi connectivity index (χ0v) is 9.14. The maximum absolute atomic E-state index is 9.70. The zero-order valence-electron chi connectivity index (χ0n) is 7.56. The number of benzene rings is 1. The van der Waals surface area contributed by atoms with Gasteiger partial charge in [-0.05, 0) is 39.9 Å². The third-order valence-electron chi connectivity index (χ3n) is 1.96. The maximum atomic E-state index is 9.70. The van der Waals surface area contributed by atoms with Crippen LogP contribution in [-0.2, 0) is 0 Å². The molecule has 0 radical (unpaired) electrons. The molecule has 70 valence electrons. The molecular weight excluding hydrogens is 256 g/mol. The molecule has 1 aromatic carbocycles. The topological polar surface area (TPSA) is 20.2 Å². The molecule has 0 heterocycles. The molecule has 1 nitrogen and oxygen atoms in total. The minimum atomic E-state index is 0. The van der Waals surface area contributed by atoms with E-state index in [4.69, 9.17) is 0 Å². The van der Waals surface area contributed by atoms with Crippen LogP contribution in [0.4, 0.5) is 0 Å². The Kier molecular flexibility index (Phi) is 5.92. The summed E-state index contributed by atoms with van der Waals surface area (Å²) in [7, 11) is 0. The summed E-state index contributed by atoms with van der Waals surface area (Å²) < 4.78 is 0.814. The molecule has 0 saturated heterocycles. The fourth-order valence-corrected chi connectivity index (χ4v) is 1.51. The average molecular weight is 271 g/mol. The second kappa shape index (κ2) is 5.59. The van der Waals surface area contributed by atoms with Gasteiger partial charge in [-0.15, -0.1) is 0 Å². The number of halogens is 1. The Hall–Kier alpha value is 0.760. The molecule has 1 N–H and O–H groups in total. The van der Waals surface area contributed by atoms with E-state index >= 15 is 0 Å². The van der Waals surface area contributed by atoms with Gasteiger partial charge in [0.25, 0.3) is 0 Å². The first kappa shape index (κ1) is 13.8. The van der Waals surface area contributed by atoms with Gasteiger partial charge in [0.05, 0.1) is 4.47 Å². The molecule has 0 aromatic heterocycles. The minimum absolute atomic E-state index is 0. The second-order valence-corrected chi connectivity index (χ2v) is 4.08. The standard InChI is InChI=1S/C10H13BrO.Ca.2H/c1-6(2)8-5-4-7(3)9(11)10(8)12;;;/h4-6,12H,1-3H3;;;. The summed E-state index contributed by atoms with van der Waals surface area (Å²) in [6.45, 7) is 6.10. The van der Waals surface area contributed by atoms with Crippen molar-refractivity contribution in [1.29, 1.82) is 0 Å². The Morgan fingerprint density at radius 1 is 1.31 bits per heavy atom. The van der Waals surface area contributed by atoms with Crippen molar-refractivity contribution in [3.05, 3.63) is 27.7 Å². The summed E-state index contributed by atoms with van der Waals surface area (Å²) in [5, 5.41) is 9.70. The number of hydrogen-bond donors (Lipinski definition) is 1. The van der Waals surface area contributed by atoms with Gasteiger partial charge in [0.15, 0.2) is 0 Å². The van der Waals surface area contributed by atoms with Gasteiger partial charge in [-0.25, -0.2) is 0 Å². The van der Waals surface area contributed by atoms with Crippen LogP contribution in [-0.4, -0.2) is 42.8 Å². The molecule has 0 unspecified atom stereocenters. The van der Waals surface area contributed by atoms with Crippen molar-refractivity contribution < 1.29 is 5.11 Å². The summed E-state index contributed by atoms with van der Waals surface area (Å²) in [5.41, 5.74) is 2.06. The summed E-state index contributed by atoms with van der Waals surface area (Å²) in [6, 6.07) is 3.99. The van der Waals surface area contributed by atoms with Crippen molar-refractivity contribution in [3.8, 4) is 5.75 Å². The second-order valence-electron chi connectivity index (χ2n) is 3.29. The van der Waals surface area contributed by atoms with Crippen molar-refractivity contribution in [1.82, 2.24) is 0 Å². The fourth-order valence-electron chi connectivity index (χ4n) is 1.15. The van der Waals surface area contributed by atoms with Crippen LogP contribution >= 0.6 is 15.9 Å². The molecule has 0 fully saturated rings. The van der Waals surface area contributed by atoms with E-state index in [1.165, 1.54) is 0 Å². The molecule has 3 heteroatoms. The summed E-state index contributed by atoms with van der Waals surface area (Å²) in [6.07, 6.45) is 0. The van der Waals surface area contributed by atoms with Crippen LogP contribution < -0.4 is 0 Å². The number of phenols is 1. The van der Waals surface area contributed by atoms with Gasteiger partial charge in [-0.3, -0.25) is 0 Å². The molecule has 0 saturated carbocycles. The third-order valence-corrected chi connectivity index (χ3v) is 2.96. The normalized spacial score (nSPS) is 9.92. The fraction of sp³-hybridized carbons (Fsp3) is 0.400. The average Bonchev–Trinajstić information content (AvgIpc) is 2.00. The molecule has 1 rings (SSSR count). The molecule has 13 heavy (non-hydrogen) atoms. The SMILES string of the molecule is Cc1ccc(C(C)C)c(O)c1Br.[CaH2]. The Morgan fingerprint density at radius 2 is 1.85 bits per heavy atom. The van der Waals surface area contributed by atoms with Crippen molar-refractivity contribution in [3.63, 3.8) is 0 Å². The van der Waals surface area contributed by atoms with Gasteiger partial charge in [-0.1, -0.05) is 26.0 Å². The first-order valence-electron chi connectivity index (χ1n) is 4.02. The molecule has 0 atom stereocenters. The van der Waals surface area contributed by atoms with Gasteiger partial charge in [0, 0.05) is 0 Å². The van der Waals surface area contributed by atoms with E-state index in [9.17, 15) is 5.11 Å². The van der Waals surface area contributed by atoms with E-state index in [0.717, 1.165) is 15.6 Å². The van der Waals surface area contributed by atoms with E-state index in [0.29, 0.717) is 11.7 Å². The van der Waals surface area contributed by atoms with E-state index < -0.39 is 0 Å². The molecular formula is C10H15BrCaO. The number of aromatic hydroxyl groups is 1. The monoisotopic (exact) mass is 270 g/mol. The quantitative estimate of drug-likeness (QED) is 0.779. The Bertz CT molecular complexity index is 297. The van der Waals surface area contributed by atoms with Crippen LogP contribution in [0.15, 0.2) is 16.6 Å². The van der Waals surface area contributed by atoms with Crippen LogP contribution in [0.2, 0.25) is 0 Å². The van der Waals surface area contributed by atoms with Gasteiger partial charge in [-0.2, -0.15) is 0 Å².